The van der Waals surface area contributed by atoms with E-state index in [1.807, 2.05) is 38.4 Å². The first-order chi connectivity index (χ1) is 8.25. The number of nitrogens with zero attached hydrogens (tertiary/aromatic N) is 2. The molecule has 0 bridgehead atoms. The summed E-state index contributed by atoms with van der Waals surface area (Å²) in [6.45, 7) is 1.57. The van der Waals surface area contributed by atoms with Crippen LogP contribution >= 0.6 is 0 Å². The predicted octanol–water partition coefficient (Wildman–Crippen LogP) is 2.28. The Morgan fingerprint density at radius 2 is 2.24 bits per heavy atom. The predicted molar refractivity (Wildman–Crippen MR) is 66.0 cm³/mol. The molecule has 0 radical (unpaired) electrons. The number of hydrogen-bond acceptors (Lipinski definition) is 4. The fourth-order valence-electron chi connectivity index (χ4n) is 1.44. The first-order valence-corrected chi connectivity index (χ1v) is 5.52. The Hall–Kier alpha value is -1.81. The standard InChI is InChI=1S/C13H16N2O2/c1-15(2)6-7-16-12-5-3-4-11(8-12)13-9-14-10-17-13/h3-5,8-10H,6-7H2,1-2H3. The van der Waals surface area contributed by atoms with Crippen molar-refractivity contribution >= 4 is 0 Å². The van der Waals surface area contributed by atoms with Crippen LogP contribution in [0.2, 0.25) is 0 Å². The van der Waals surface area contributed by atoms with Gasteiger partial charge >= 0.3 is 0 Å². The van der Waals surface area contributed by atoms with Gasteiger partial charge in [0.15, 0.2) is 12.2 Å². The highest BCUT2D eigenvalue weighted by Gasteiger charge is 2.02. The maximum absolute atomic E-state index is 5.65. The van der Waals surface area contributed by atoms with Crippen LogP contribution in [0.15, 0.2) is 41.3 Å². The zero-order valence-corrected chi connectivity index (χ0v) is 10.1. The van der Waals surface area contributed by atoms with Crippen LogP contribution < -0.4 is 4.74 Å². The SMILES string of the molecule is CN(C)CCOc1cccc(-c2cnco2)c1. The first kappa shape index (κ1) is 11.7. The highest BCUT2D eigenvalue weighted by atomic mass is 16.5. The van der Waals surface area contributed by atoms with Gasteiger partial charge < -0.3 is 14.1 Å². The molecule has 1 heterocycles. The van der Waals surface area contributed by atoms with Gasteiger partial charge in [0, 0.05) is 12.1 Å². The van der Waals surface area contributed by atoms with E-state index in [4.69, 9.17) is 9.15 Å². The summed E-state index contributed by atoms with van der Waals surface area (Å²) >= 11 is 0. The summed E-state index contributed by atoms with van der Waals surface area (Å²) in [5.74, 6) is 1.60. The van der Waals surface area contributed by atoms with Crippen molar-refractivity contribution in [2.75, 3.05) is 27.2 Å². The lowest BCUT2D eigenvalue weighted by Crippen LogP contribution is -2.19. The van der Waals surface area contributed by atoms with Gasteiger partial charge in [0.25, 0.3) is 0 Å². The van der Waals surface area contributed by atoms with Gasteiger partial charge in [0.2, 0.25) is 0 Å². The molecule has 4 nitrogen and oxygen atoms in total. The second-order valence-electron chi connectivity index (χ2n) is 4.05. The van der Waals surface area contributed by atoms with Gasteiger partial charge in [-0.05, 0) is 26.2 Å². The van der Waals surface area contributed by atoms with Crippen molar-refractivity contribution in [3.05, 3.63) is 36.9 Å². The molecule has 0 fully saturated rings. The topological polar surface area (TPSA) is 38.5 Å². The molecule has 0 spiro atoms. The Labute approximate surface area is 101 Å². The molecule has 0 saturated heterocycles. The smallest absolute Gasteiger partial charge is 0.181 e. The van der Waals surface area contributed by atoms with Crippen molar-refractivity contribution in [3.63, 3.8) is 0 Å². The summed E-state index contributed by atoms with van der Waals surface area (Å²) in [7, 11) is 4.04. The third-order valence-corrected chi connectivity index (χ3v) is 2.36. The third kappa shape index (κ3) is 3.32. The van der Waals surface area contributed by atoms with Gasteiger partial charge in [-0.15, -0.1) is 0 Å². The minimum Gasteiger partial charge on any atom is -0.492 e. The number of aromatic nitrogens is 1. The second kappa shape index (κ2) is 5.50. The van der Waals surface area contributed by atoms with Crippen LogP contribution in [0.3, 0.4) is 0 Å². The Morgan fingerprint density at radius 1 is 1.35 bits per heavy atom. The van der Waals surface area contributed by atoms with Crippen molar-refractivity contribution < 1.29 is 9.15 Å². The third-order valence-electron chi connectivity index (χ3n) is 2.36. The van der Waals surface area contributed by atoms with Crippen LogP contribution in [0.5, 0.6) is 5.75 Å². The number of likely N-dealkylation sites (N-methyl/N-ethyl adjacent to an activating group) is 1. The van der Waals surface area contributed by atoms with Crippen molar-refractivity contribution in [1.29, 1.82) is 0 Å². The van der Waals surface area contributed by atoms with Gasteiger partial charge in [-0.25, -0.2) is 4.98 Å². The Kier molecular flexibility index (Phi) is 3.77. The molecule has 2 aromatic rings. The van der Waals surface area contributed by atoms with Gasteiger partial charge in [0.05, 0.1) is 6.20 Å². The lowest BCUT2D eigenvalue weighted by Gasteiger charge is -2.11. The van der Waals surface area contributed by atoms with Gasteiger partial charge in [-0.2, -0.15) is 0 Å². The lowest BCUT2D eigenvalue weighted by molar-refractivity contribution is 0.261. The average Bonchev–Trinajstić information content (AvgIpc) is 2.82. The molecule has 0 atom stereocenters. The minimum absolute atomic E-state index is 0.673. The molecule has 90 valence electrons. The summed E-state index contributed by atoms with van der Waals surface area (Å²) in [5.41, 5.74) is 0.977. The number of benzene rings is 1. The molecular weight excluding hydrogens is 216 g/mol. The maximum atomic E-state index is 5.65. The fourth-order valence-corrected chi connectivity index (χ4v) is 1.44. The minimum atomic E-state index is 0.673. The number of rotatable bonds is 5. The van der Waals surface area contributed by atoms with Gasteiger partial charge in [-0.3, -0.25) is 0 Å². The summed E-state index contributed by atoms with van der Waals surface area (Å²) < 4.78 is 10.9. The van der Waals surface area contributed by atoms with Gasteiger partial charge in [-0.1, -0.05) is 12.1 Å². The Balaban J connectivity index is 2.02. The molecule has 1 aromatic carbocycles. The van der Waals surface area contributed by atoms with E-state index in [2.05, 4.69) is 9.88 Å². The van der Waals surface area contributed by atoms with Crippen LogP contribution in [0, 0.1) is 0 Å². The molecule has 2 rings (SSSR count). The molecule has 0 aliphatic carbocycles. The Morgan fingerprint density at radius 3 is 2.94 bits per heavy atom. The van der Waals surface area contributed by atoms with Crippen LogP contribution in [0.4, 0.5) is 0 Å². The molecule has 0 N–H and O–H groups in total. The molecule has 0 unspecified atom stereocenters. The largest absolute Gasteiger partial charge is 0.492 e. The normalized spacial score (nSPS) is 10.8. The van der Waals surface area contributed by atoms with Crippen molar-refractivity contribution in [2.24, 2.45) is 0 Å². The van der Waals surface area contributed by atoms with Crippen LogP contribution in [-0.4, -0.2) is 37.1 Å². The average molecular weight is 232 g/mol. The van der Waals surface area contributed by atoms with E-state index in [9.17, 15) is 0 Å². The van der Waals surface area contributed by atoms with Crippen molar-refractivity contribution in [2.45, 2.75) is 0 Å². The molecule has 0 aliphatic heterocycles. The zero-order valence-electron chi connectivity index (χ0n) is 10.1. The Bertz CT molecular complexity index is 452. The number of hydrogen-bond donors (Lipinski definition) is 0. The maximum Gasteiger partial charge on any atom is 0.181 e. The molecule has 0 aliphatic rings. The van der Waals surface area contributed by atoms with Crippen LogP contribution in [0.25, 0.3) is 11.3 Å². The first-order valence-electron chi connectivity index (χ1n) is 5.52. The molecule has 0 saturated carbocycles. The highest BCUT2D eigenvalue weighted by molar-refractivity contribution is 5.58. The van der Waals surface area contributed by atoms with E-state index in [0.717, 1.165) is 23.6 Å². The van der Waals surface area contributed by atoms with E-state index in [-0.39, 0.29) is 0 Å². The molecule has 1 aromatic heterocycles. The molecule has 17 heavy (non-hydrogen) atoms. The summed E-state index contributed by atoms with van der Waals surface area (Å²) in [6.07, 6.45) is 3.12. The zero-order chi connectivity index (χ0) is 12.1. The number of ether oxygens (including phenoxy) is 1. The van der Waals surface area contributed by atoms with Crippen LogP contribution in [-0.2, 0) is 0 Å². The van der Waals surface area contributed by atoms with Crippen LogP contribution in [0.1, 0.15) is 0 Å². The van der Waals surface area contributed by atoms with Crippen molar-refractivity contribution in [3.8, 4) is 17.1 Å². The molecule has 4 heteroatoms. The summed E-state index contributed by atoms with van der Waals surface area (Å²) in [5, 5.41) is 0. The number of oxazole rings is 1. The van der Waals surface area contributed by atoms with E-state index in [1.165, 1.54) is 6.39 Å². The lowest BCUT2D eigenvalue weighted by atomic mass is 10.2. The molecule has 0 amide bonds. The fraction of sp³-hybridized carbons (Fsp3) is 0.308. The highest BCUT2D eigenvalue weighted by Crippen LogP contribution is 2.23. The van der Waals surface area contributed by atoms with E-state index in [1.54, 1.807) is 6.20 Å². The van der Waals surface area contributed by atoms with E-state index < -0.39 is 0 Å². The van der Waals surface area contributed by atoms with E-state index >= 15 is 0 Å². The second-order valence-corrected chi connectivity index (χ2v) is 4.05. The summed E-state index contributed by atoms with van der Waals surface area (Å²) in [4.78, 5) is 5.98. The van der Waals surface area contributed by atoms with Crippen molar-refractivity contribution in [1.82, 2.24) is 9.88 Å². The van der Waals surface area contributed by atoms with Gasteiger partial charge in [0.1, 0.15) is 12.4 Å². The van der Waals surface area contributed by atoms with E-state index in [0.29, 0.717) is 6.61 Å². The quantitative estimate of drug-likeness (QED) is 0.792. The monoisotopic (exact) mass is 232 g/mol. The molecular formula is C13H16N2O2. The summed E-state index contributed by atoms with van der Waals surface area (Å²) in [6, 6.07) is 7.81.